The van der Waals surface area contributed by atoms with Crippen molar-refractivity contribution in [3.8, 4) is 0 Å². The van der Waals surface area contributed by atoms with Crippen molar-refractivity contribution >= 4 is 22.3 Å². The summed E-state index contributed by atoms with van der Waals surface area (Å²) in [4.78, 5) is 12.5. The van der Waals surface area contributed by atoms with E-state index in [1.54, 1.807) is 11.4 Å². The van der Waals surface area contributed by atoms with E-state index in [0.29, 0.717) is 17.2 Å². The quantitative estimate of drug-likeness (QED) is 0.798. The summed E-state index contributed by atoms with van der Waals surface area (Å²) in [5, 5.41) is 22.8. The lowest BCUT2D eigenvalue weighted by Crippen LogP contribution is -2.34. The van der Waals surface area contributed by atoms with Crippen LogP contribution in [0.1, 0.15) is 23.3 Å². The number of rotatable bonds is 4. The minimum absolute atomic E-state index is 0.319. The molecule has 108 valence electrons. The van der Waals surface area contributed by atoms with Crippen LogP contribution < -0.4 is 0 Å². The van der Waals surface area contributed by atoms with Crippen LogP contribution in [0.3, 0.4) is 0 Å². The number of carboxylic acids is 1. The number of carboxylic acid groups (broad SMARTS) is 1. The Bertz CT molecular complexity index is 796. The van der Waals surface area contributed by atoms with Crippen LogP contribution in [-0.4, -0.2) is 30.9 Å². The molecule has 3 rings (SSSR count). The van der Waals surface area contributed by atoms with Gasteiger partial charge in [-0.2, -0.15) is 9.61 Å². The molecule has 2 heterocycles. The van der Waals surface area contributed by atoms with Gasteiger partial charge in [0.1, 0.15) is 5.01 Å². The van der Waals surface area contributed by atoms with Crippen molar-refractivity contribution in [1.29, 1.82) is 0 Å². The number of aliphatic carboxylic acids is 1. The molecule has 3 aromatic rings. The molecule has 1 aromatic carbocycles. The normalized spacial score (nSPS) is 14.2. The van der Waals surface area contributed by atoms with Crippen LogP contribution in [0.4, 0.5) is 0 Å². The summed E-state index contributed by atoms with van der Waals surface area (Å²) in [5.74, 6) is -0.166. The molecule has 21 heavy (non-hydrogen) atoms. The van der Waals surface area contributed by atoms with E-state index in [2.05, 4.69) is 15.3 Å². The number of aromatic nitrogens is 4. The lowest BCUT2D eigenvalue weighted by molar-refractivity contribution is -0.143. The molecule has 1 unspecified atom stereocenters. The minimum Gasteiger partial charge on any atom is -0.481 e. The number of benzene rings is 1. The fourth-order valence-corrected chi connectivity index (χ4v) is 3.27. The maximum atomic E-state index is 11.8. The van der Waals surface area contributed by atoms with Gasteiger partial charge in [-0.25, -0.2) is 0 Å². The van der Waals surface area contributed by atoms with Crippen LogP contribution >= 0.6 is 11.3 Å². The zero-order chi connectivity index (χ0) is 15.0. The van der Waals surface area contributed by atoms with Gasteiger partial charge in [-0.15, -0.1) is 10.2 Å². The number of hydrogen-bond acceptors (Lipinski definition) is 5. The molecular weight excluding hydrogens is 288 g/mol. The maximum absolute atomic E-state index is 11.8. The first kappa shape index (κ1) is 13.7. The first-order valence-corrected chi connectivity index (χ1v) is 7.29. The largest absolute Gasteiger partial charge is 0.481 e. The zero-order valence-corrected chi connectivity index (χ0v) is 12.5. The van der Waals surface area contributed by atoms with Gasteiger partial charge < -0.3 is 5.11 Å². The Morgan fingerprint density at radius 3 is 2.67 bits per heavy atom. The van der Waals surface area contributed by atoms with Gasteiger partial charge in [-0.05, 0) is 19.4 Å². The smallest absolute Gasteiger partial charge is 0.314 e. The second-order valence-corrected chi connectivity index (χ2v) is 6.16. The zero-order valence-electron chi connectivity index (χ0n) is 11.6. The van der Waals surface area contributed by atoms with Crippen molar-refractivity contribution in [2.45, 2.75) is 25.7 Å². The van der Waals surface area contributed by atoms with Crippen molar-refractivity contribution in [1.82, 2.24) is 19.8 Å². The predicted molar refractivity (Wildman–Crippen MR) is 78.5 cm³/mol. The van der Waals surface area contributed by atoms with Crippen LogP contribution in [-0.2, 0) is 16.6 Å². The second-order valence-electron chi connectivity index (χ2n) is 5.12. The molecule has 1 N–H and O–H groups in total. The molecule has 0 saturated heterocycles. The summed E-state index contributed by atoms with van der Waals surface area (Å²) < 4.78 is 1.65. The number of hydrogen-bond donors (Lipinski definition) is 1. The van der Waals surface area contributed by atoms with Gasteiger partial charge >= 0.3 is 5.97 Å². The molecule has 0 bridgehead atoms. The number of fused-ring (bicyclic) bond motifs is 1. The van der Waals surface area contributed by atoms with Crippen LogP contribution in [0.25, 0.3) is 4.96 Å². The van der Waals surface area contributed by atoms with Gasteiger partial charge in [0, 0.05) is 6.42 Å². The summed E-state index contributed by atoms with van der Waals surface area (Å²) in [6, 6.07) is 9.23. The molecule has 6 nitrogen and oxygen atoms in total. The molecule has 0 amide bonds. The van der Waals surface area contributed by atoms with Crippen molar-refractivity contribution in [3.63, 3.8) is 0 Å². The Morgan fingerprint density at radius 1 is 1.33 bits per heavy atom. The van der Waals surface area contributed by atoms with Gasteiger partial charge in [0.05, 0.1) is 5.41 Å². The molecular formula is C14H14N4O2S. The molecule has 0 spiro atoms. The lowest BCUT2D eigenvalue weighted by atomic mass is 9.80. The van der Waals surface area contributed by atoms with Crippen LogP contribution in [0.2, 0.25) is 0 Å². The average molecular weight is 302 g/mol. The van der Waals surface area contributed by atoms with E-state index >= 15 is 0 Å². The monoisotopic (exact) mass is 302 g/mol. The summed E-state index contributed by atoms with van der Waals surface area (Å²) in [6.07, 6.45) is 0.319. The Balaban J connectivity index is 2.00. The Morgan fingerprint density at radius 2 is 2.05 bits per heavy atom. The second kappa shape index (κ2) is 4.92. The summed E-state index contributed by atoms with van der Waals surface area (Å²) >= 11 is 1.37. The highest BCUT2D eigenvalue weighted by molar-refractivity contribution is 7.16. The summed E-state index contributed by atoms with van der Waals surface area (Å²) in [7, 11) is 0. The number of carbonyl (C=O) groups is 1. The first-order chi connectivity index (χ1) is 10.0. The molecule has 0 radical (unpaired) electrons. The van der Waals surface area contributed by atoms with E-state index in [1.807, 2.05) is 37.3 Å². The highest BCUT2D eigenvalue weighted by atomic mass is 32.1. The van der Waals surface area contributed by atoms with Gasteiger partial charge in [0.2, 0.25) is 4.96 Å². The maximum Gasteiger partial charge on any atom is 0.314 e. The Kier molecular flexibility index (Phi) is 3.21. The molecule has 0 aliphatic rings. The molecule has 1 atom stereocenters. The summed E-state index contributed by atoms with van der Waals surface area (Å²) in [6.45, 7) is 3.54. The molecule has 0 saturated carbocycles. The van der Waals surface area contributed by atoms with Crippen LogP contribution in [0.5, 0.6) is 0 Å². The SMILES string of the molecule is Cc1nnc2sc(CC(C)(C(=O)O)c3ccccc3)nn12. The fraction of sp³-hybridized carbons (Fsp3) is 0.286. The van der Waals surface area contributed by atoms with E-state index in [-0.39, 0.29) is 0 Å². The molecule has 7 heteroatoms. The minimum atomic E-state index is -1.02. The van der Waals surface area contributed by atoms with E-state index in [9.17, 15) is 9.90 Å². The van der Waals surface area contributed by atoms with E-state index in [4.69, 9.17) is 0 Å². The Hall–Kier alpha value is -2.28. The molecule has 0 fully saturated rings. The summed E-state index contributed by atoms with van der Waals surface area (Å²) in [5.41, 5.74) is -0.251. The first-order valence-electron chi connectivity index (χ1n) is 6.47. The van der Waals surface area contributed by atoms with Crippen LogP contribution in [0, 0.1) is 6.92 Å². The van der Waals surface area contributed by atoms with E-state index in [0.717, 1.165) is 10.6 Å². The van der Waals surface area contributed by atoms with E-state index < -0.39 is 11.4 Å². The third-order valence-electron chi connectivity index (χ3n) is 3.58. The van der Waals surface area contributed by atoms with Gasteiger partial charge in [0.25, 0.3) is 0 Å². The lowest BCUT2D eigenvalue weighted by Gasteiger charge is -2.24. The fourth-order valence-electron chi connectivity index (χ4n) is 2.24. The van der Waals surface area contributed by atoms with Gasteiger partial charge in [-0.3, -0.25) is 4.79 Å². The van der Waals surface area contributed by atoms with Crippen molar-refractivity contribution in [3.05, 3.63) is 46.7 Å². The van der Waals surface area contributed by atoms with Gasteiger partial charge in [-0.1, -0.05) is 41.7 Å². The van der Waals surface area contributed by atoms with E-state index in [1.165, 1.54) is 11.3 Å². The number of nitrogens with zero attached hydrogens (tertiary/aromatic N) is 4. The third-order valence-corrected chi connectivity index (χ3v) is 4.48. The van der Waals surface area contributed by atoms with Crippen molar-refractivity contribution in [2.75, 3.05) is 0 Å². The molecule has 2 aromatic heterocycles. The third kappa shape index (κ3) is 2.29. The Labute approximate surface area is 125 Å². The molecule has 0 aliphatic heterocycles. The molecule has 0 aliphatic carbocycles. The van der Waals surface area contributed by atoms with Crippen LogP contribution in [0.15, 0.2) is 30.3 Å². The van der Waals surface area contributed by atoms with Crippen molar-refractivity contribution in [2.24, 2.45) is 0 Å². The van der Waals surface area contributed by atoms with Crippen molar-refractivity contribution < 1.29 is 9.90 Å². The predicted octanol–water partition coefficient (Wildman–Crippen LogP) is 2.08. The highest BCUT2D eigenvalue weighted by Crippen LogP contribution is 2.30. The number of aryl methyl sites for hydroxylation is 1. The average Bonchev–Trinajstić information content (AvgIpc) is 3.01. The topological polar surface area (TPSA) is 80.4 Å². The highest BCUT2D eigenvalue weighted by Gasteiger charge is 2.36. The standard InChI is InChI=1S/C14H14N4O2S/c1-9-15-16-13-18(9)17-11(21-13)8-14(2,12(19)20)10-6-4-3-5-7-10/h3-7H,8H2,1-2H3,(H,19,20). The van der Waals surface area contributed by atoms with Gasteiger partial charge in [0.15, 0.2) is 5.82 Å².